The zero-order valence-electron chi connectivity index (χ0n) is 15.9. The minimum absolute atomic E-state index is 0.0581. The van der Waals surface area contributed by atoms with E-state index in [1.165, 1.54) is 6.92 Å². The van der Waals surface area contributed by atoms with Crippen molar-refractivity contribution in [1.82, 2.24) is 10.6 Å². The molecule has 0 spiro atoms. The maximum absolute atomic E-state index is 12.7. The van der Waals surface area contributed by atoms with Crippen LogP contribution in [0.4, 0.5) is 0 Å². The van der Waals surface area contributed by atoms with Gasteiger partial charge in [-0.25, -0.2) is 0 Å². The number of benzene rings is 1. The van der Waals surface area contributed by atoms with E-state index in [2.05, 4.69) is 15.6 Å². The monoisotopic (exact) mass is 391 g/mol. The third-order valence-electron chi connectivity index (χ3n) is 3.93. The summed E-state index contributed by atoms with van der Waals surface area (Å²) in [5.41, 5.74) is 22.4. The summed E-state index contributed by atoms with van der Waals surface area (Å²) in [5, 5.41) is 5.18. The van der Waals surface area contributed by atoms with Gasteiger partial charge in [0.25, 0.3) is 0 Å². The van der Waals surface area contributed by atoms with E-state index >= 15 is 0 Å². The summed E-state index contributed by atoms with van der Waals surface area (Å²) in [5.74, 6) is -1.74. The lowest BCUT2D eigenvalue weighted by molar-refractivity contribution is -0.131. The minimum atomic E-state index is -0.915. The highest BCUT2D eigenvalue weighted by molar-refractivity contribution is 5.92. The maximum Gasteiger partial charge on any atom is 0.243 e. The third kappa shape index (κ3) is 8.49. The summed E-state index contributed by atoms with van der Waals surface area (Å²) < 4.78 is 0. The van der Waals surface area contributed by atoms with Crippen molar-refractivity contribution in [2.75, 3.05) is 6.54 Å². The van der Waals surface area contributed by atoms with Crippen molar-refractivity contribution in [3.63, 3.8) is 0 Å². The Morgan fingerprint density at radius 3 is 2.14 bits per heavy atom. The molecule has 0 saturated carbocycles. The molecule has 3 atom stereocenters. The molecule has 0 aliphatic rings. The average Bonchev–Trinajstić information content (AvgIpc) is 2.63. The van der Waals surface area contributed by atoms with E-state index in [1.54, 1.807) is 0 Å². The summed E-state index contributed by atoms with van der Waals surface area (Å²) >= 11 is 0. The molecule has 0 fully saturated rings. The lowest BCUT2D eigenvalue weighted by Crippen LogP contribution is -2.55. The van der Waals surface area contributed by atoms with Crippen molar-refractivity contribution >= 4 is 23.7 Å². The van der Waals surface area contributed by atoms with Crippen molar-refractivity contribution in [2.24, 2.45) is 27.9 Å². The van der Waals surface area contributed by atoms with E-state index in [9.17, 15) is 14.4 Å². The molecule has 0 saturated heterocycles. The fourth-order valence-corrected chi connectivity index (χ4v) is 2.42. The Morgan fingerprint density at radius 1 is 1.00 bits per heavy atom. The van der Waals surface area contributed by atoms with Crippen LogP contribution >= 0.6 is 0 Å². The first-order valence-corrected chi connectivity index (χ1v) is 8.95. The number of hydrogen-bond acceptors (Lipinski definition) is 5. The summed E-state index contributed by atoms with van der Waals surface area (Å²) in [7, 11) is 0. The van der Waals surface area contributed by atoms with Crippen LogP contribution in [-0.4, -0.2) is 48.4 Å². The first kappa shape index (κ1) is 22.9. The topological polar surface area (TPSA) is 192 Å². The summed E-state index contributed by atoms with van der Waals surface area (Å²) in [6, 6.07) is 6.54. The summed E-state index contributed by atoms with van der Waals surface area (Å²) in [6.45, 7) is 1.80. The number of hydrogen-bond donors (Lipinski definition) is 6. The van der Waals surface area contributed by atoms with Crippen LogP contribution in [0.3, 0.4) is 0 Å². The highest BCUT2D eigenvalue weighted by atomic mass is 16.2. The van der Waals surface area contributed by atoms with E-state index < -0.39 is 35.8 Å². The number of nitrogens with zero attached hydrogens (tertiary/aromatic N) is 1. The molecule has 0 radical (unpaired) electrons. The van der Waals surface area contributed by atoms with Gasteiger partial charge >= 0.3 is 0 Å². The number of carbonyl (C=O) groups excluding carboxylic acids is 3. The molecule has 3 amide bonds. The smallest absolute Gasteiger partial charge is 0.243 e. The van der Waals surface area contributed by atoms with Gasteiger partial charge in [-0.3, -0.25) is 19.4 Å². The van der Waals surface area contributed by atoms with E-state index in [-0.39, 0.29) is 18.8 Å². The quantitative estimate of drug-likeness (QED) is 0.145. The molecule has 10 heteroatoms. The Bertz CT molecular complexity index is 688. The van der Waals surface area contributed by atoms with Crippen LogP contribution in [0.2, 0.25) is 0 Å². The molecular weight excluding hydrogens is 362 g/mol. The number of primary amides is 1. The number of nitrogens with one attached hydrogen (secondary N) is 2. The van der Waals surface area contributed by atoms with Crippen molar-refractivity contribution in [3.05, 3.63) is 35.9 Å². The van der Waals surface area contributed by atoms with Gasteiger partial charge in [0.1, 0.15) is 12.1 Å². The second-order valence-corrected chi connectivity index (χ2v) is 6.45. The van der Waals surface area contributed by atoms with Gasteiger partial charge < -0.3 is 33.6 Å². The maximum atomic E-state index is 12.7. The second-order valence-electron chi connectivity index (χ2n) is 6.45. The van der Waals surface area contributed by atoms with Crippen LogP contribution < -0.4 is 33.6 Å². The molecule has 0 aliphatic heterocycles. The van der Waals surface area contributed by atoms with Gasteiger partial charge in [0.15, 0.2) is 5.96 Å². The highest BCUT2D eigenvalue weighted by Gasteiger charge is 2.26. The molecule has 0 aromatic heterocycles. The molecule has 0 aliphatic carbocycles. The Hall–Kier alpha value is -3.14. The zero-order chi connectivity index (χ0) is 21.1. The zero-order valence-corrected chi connectivity index (χ0v) is 15.9. The van der Waals surface area contributed by atoms with Crippen LogP contribution in [-0.2, 0) is 20.8 Å². The van der Waals surface area contributed by atoms with Crippen LogP contribution in [0, 0.1) is 0 Å². The highest BCUT2D eigenvalue weighted by Crippen LogP contribution is 2.05. The fraction of sp³-hybridized carbons (Fsp3) is 0.444. The first-order chi connectivity index (χ1) is 13.2. The van der Waals surface area contributed by atoms with E-state index in [0.717, 1.165) is 5.56 Å². The predicted molar refractivity (Wildman–Crippen MR) is 107 cm³/mol. The normalized spacial score (nSPS) is 13.6. The van der Waals surface area contributed by atoms with Crippen molar-refractivity contribution in [2.45, 2.75) is 44.3 Å². The van der Waals surface area contributed by atoms with Gasteiger partial charge in [-0.1, -0.05) is 30.3 Å². The largest absolute Gasteiger partial charge is 0.370 e. The van der Waals surface area contributed by atoms with Gasteiger partial charge in [-0.15, -0.1) is 0 Å². The van der Waals surface area contributed by atoms with Crippen LogP contribution in [0.5, 0.6) is 0 Å². The molecule has 0 unspecified atom stereocenters. The fourth-order valence-electron chi connectivity index (χ4n) is 2.42. The van der Waals surface area contributed by atoms with Gasteiger partial charge in [-0.2, -0.15) is 0 Å². The van der Waals surface area contributed by atoms with Gasteiger partial charge in [0.05, 0.1) is 6.04 Å². The number of rotatable bonds is 11. The Morgan fingerprint density at radius 2 is 1.61 bits per heavy atom. The molecule has 154 valence electrons. The van der Waals surface area contributed by atoms with E-state index in [1.807, 2.05) is 30.3 Å². The number of carbonyl (C=O) groups is 3. The Kier molecular flexibility index (Phi) is 9.44. The predicted octanol–water partition coefficient (Wildman–Crippen LogP) is -1.92. The third-order valence-corrected chi connectivity index (χ3v) is 3.93. The Labute approximate surface area is 164 Å². The molecule has 10 nitrogen and oxygen atoms in total. The first-order valence-electron chi connectivity index (χ1n) is 8.95. The van der Waals surface area contributed by atoms with E-state index in [0.29, 0.717) is 13.0 Å². The molecular formula is C18H29N7O3. The van der Waals surface area contributed by atoms with Crippen molar-refractivity contribution < 1.29 is 14.4 Å². The van der Waals surface area contributed by atoms with Gasteiger partial charge in [0, 0.05) is 13.0 Å². The number of guanidine groups is 1. The SMILES string of the molecule is C[C@H](N)C(=O)N[C@@H](CCCN=C(N)N)C(=O)N[C@@H](Cc1ccccc1)C(N)=O. The Balaban J connectivity index is 2.81. The number of nitrogens with two attached hydrogens (primary N) is 4. The van der Waals surface area contributed by atoms with Gasteiger partial charge in [0.2, 0.25) is 17.7 Å². The summed E-state index contributed by atoms with van der Waals surface area (Å²) in [6.07, 6.45) is 0.941. The molecule has 10 N–H and O–H groups in total. The molecule has 28 heavy (non-hydrogen) atoms. The van der Waals surface area contributed by atoms with Crippen molar-refractivity contribution in [1.29, 1.82) is 0 Å². The standard InChI is InChI=1S/C18H29N7O3/c1-11(19)16(27)24-13(8-5-9-23-18(21)22)17(28)25-14(15(20)26)10-12-6-3-2-4-7-12/h2-4,6-7,11,13-14H,5,8-10,19H2,1H3,(H2,20,26)(H,24,27)(H,25,28)(H4,21,22,23)/t11-,13-,14-/m0/s1. The second kappa shape index (κ2) is 11.5. The molecule has 0 bridgehead atoms. The lowest BCUT2D eigenvalue weighted by Gasteiger charge is -2.22. The minimum Gasteiger partial charge on any atom is -0.370 e. The lowest BCUT2D eigenvalue weighted by atomic mass is 10.0. The molecule has 1 aromatic rings. The van der Waals surface area contributed by atoms with E-state index in [4.69, 9.17) is 22.9 Å². The number of aliphatic imine (C=N–C) groups is 1. The van der Waals surface area contributed by atoms with Crippen molar-refractivity contribution in [3.8, 4) is 0 Å². The van der Waals surface area contributed by atoms with Gasteiger partial charge in [-0.05, 0) is 25.3 Å². The van der Waals surface area contributed by atoms with Crippen LogP contribution in [0.1, 0.15) is 25.3 Å². The average molecular weight is 391 g/mol. The molecule has 0 heterocycles. The summed E-state index contributed by atoms with van der Waals surface area (Å²) in [4.78, 5) is 40.2. The molecule has 1 aromatic carbocycles. The van der Waals surface area contributed by atoms with Crippen LogP contribution in [0.25, 0.3) is 0 Å². The number of amides is 3. The van der Waals surface area contributed by atoms with Crippen LogP contribution in [0.15, 0.2) is 35.3 Å². The molecule has 1 rings (SSSR count).